The number of rotatable bonds is 4. The summed E-state index contributed by atoms with van der Waals surface area (Å²) in [6.07, 6.45) is 5.02. The van der Waals surface area contributed by atoms with E-state index in [1.807, 2.05) is 27.7 Å². The van der Waals surface area contributed by atoms with Crippen LogP contribution in [-0.4, -0.2) is 19.0 Å². The van der Waals surface area contributed by atoms with Crippen molar-refractivity contribution < 1.29 is 9.47 Å². The summed E-state index contributed by atoms with van der Waals surface area (Å²) >= 11 is 0. The predicted octanol–water partition coefficient (Wildman–Crippen LogP) is 4.38. The number of hydrogen-bond donors (Lipinski definition) is 0. The number of hydrogen-bond acceptors (Lipinski definition) is 2. The average Bonchev–Trinajstić information content (AvgIpc) is 2.79. The van der Waals surface area contributed by atoms with Gasteiger partial charge < -0.3 is 9.47 Å². The molecule has 2 atom stereocenters. The maximum Gasteiger partial charge on any atom is 0.158 e. The summed E-state index contributed by atoms with van der Waals surface area (Å²) in [4.78, 5) is 0. The highest BCUT2D eigenvalue weighted by atomic mass is 16.7. The van der Waals surface area contributed by atoms with Crippen LogP contribution in [0.5, 0.6) is 0 Å². The Kier molecular flexibility index (Phi) is 16.1. The van der Waals surface area contributed by atoms with Crippen LogP contribution < -0.4 is 0 Å². The quantitative estimate of drug-likeness (QED) is 0.697. The summed E-state index contributed by atoms with van der Waals surface area (Å²) in [5.41, 5.74) is 0. The van der Waals surface area contributed by atoms with Gasteiger partial charge in [-0.2, -0.15) is 0 Å². The smallest absolute Gasteiger partial charge is 0.158 e. The minimum absolute atomic E-state index is 0.0971. The molecule has 1 saturated heterocycles. The molecule has 0 aromatic carbocycles. The van der Waals surface area contributed by atoms with Gasteiger partial charge in [0.1, 0.15) is 0 Å². The fraction of sp³-hybridized carbons (Fsp3) is 1.00. The highest BCUT2D eigenvalue weighted by Crippen LogP contribution is 2.18. The van der Waals surface area contributed by atoms with Crippen molar-refractivity contribution in [2.45, 2.75) is 79.6 Å². The van der Waals surface area contributed by atoms with Crippen LogP contribution in [0.3, 0.4) is 0 Å². The molecule has 1 rings (SSSR count). The Morgan fingerprint density at radius 1 is 1.07 bits per heavy atom. The van der Waals surface area contributed by atoms with E-state index in [-0.39, 0.29) is 6.29 Å². The molecule has 1 fully saturated rings. The fourth-order valence-electron chi connectivity index (χ4n) is 1.24. The van der Waals surface area contributed by atoms with E-state index >= 15 is 0 Å². The Hall–Kier alpha value is -0.0800. The molecule has 0 saturated carbocycles. The summed E-state index contributed by atoms with van der Waals surface area (Å²) in [5, 5.41) is 0. The molecule has 0 radical (unpaired) electrons. The van der Waals surface area contributed by atoms with Gasteiger partial charge in [-0.25, -0.2) is 0 Å². The number of unbranched alkanes of at least 4 members (excludes halogenated alkanes) is 1. The topological polar surface area (TPSA) is 18.5 Å². The first-order chi connectivity index (χ1) is 7.36. The minimum atomic E-state index is 0.0971. The van der Waals surface area contributed by atoms with Crippen LogP contribution in [-0.2, 0) is 9.47 Å². The standard InChI is InChI=1S/C9H18O2.2C2H6/c1-3-5-6-9-10-7-8(4-2)11-9;2*1-2/h8-9H,3-7H2,1-2H3;2*1-2H3. The third kappa shape index (κ3) is 8.88. The first-order valence-electron chi connectivity index (χ1n) is 6.63. The van der Waals surface area contributed by atoms with Crippen molar-refractivity contribution in [1.82, 2.24) is 0 Å². The molecule has 0 aliphatic carbocycles. The number of ether oxygens (including phenoxy) is 2. The maximum atomic E-state index is 5.59. The van der Waals surface area contributed by atoms with Crippen molar-refractivity contribution in [2.24, 2.45) is 0 Å². The molecule has 2 nitrogen and oxygen atoms in total. The van der Waals surface area contributed by atoms with Crippen molar-refractivity contribution in [2.75, 3.05) is 6.61 Å². The zero-order chi connectivity index (χ0) is 12.1. The van der Waals surface area contributed by atoms with Crippen molar-refractivity contribution in [3.05, 3.63) is 0 Å². The lowest BCUT2D eigenvalue weighted by atomic mass is 10.2. The van der Waals surface area contributed by atoms with E-state index in [0.29, 0.717) is 6.10 Å². The summed E-state index contributed by atoms with van der Waals surface area (Å²) in [6, 6.07) is 0. The zero-order valence-corrected chi connectivity index (χ0v) is 11.5. The van der Waals surface area contributed by atoms with Gasteiger partial charge in [0.25, 0.3) is 0 Å². The Morgan fingerprint density at radius 3 is 2.07 bits per heavy atom. The maximum absolute atomic E-state index is 5.59. The van der Waals surface area contributed by atoms with Crippen molar-refractivity contribution in [3.63, 3.8) is 0 Å². The molecule has 94 valence electrons. The van der Waals surface area contributed by atoms with Gasteiger partial charge in [0, 0.05) is 0 Å². The Morgan fingerprint density at radius 2 is 1.67 bits per heavy atom. The third-order valence-electron chi connectivity index (χ3n) is 2.06. The molecule has 1 aliphatic heterocycles. The second kappa shape index (κ2) is 13.9. The molecule has 2 heteroatoms. The van der Waals surface area contributed by atoms with Crippen LogP contribution in [0.25, 0.3) is 0 Å². The largest absolute Gasteiger partial charge is 0.350 e. The van der Waals surface area contributed by atoms with Gasteiger partial charge in [0.15, 0.2) is 6.29 Å². The van der Waals surface area contributed by atoms with Gasteiger partial charge in [-0.1, -0.05) is 48.0 Å². The molecule has 0 amide bonds. The van der Waals surface area contributed by atoms with Gasteiger partial charge in [0.2, 0.25) is 0 Å². The van der Waals surface area contributed by atoms with Crippen LogP contribution >= 0.6 is 0 Å². The summed E-state index contributed by atoms with van der Waals surface area (Å²) < 4.78 is 11.0. The molecular weight excluding hydrogens is 188 g/mol. The molecule has 1 aliphatic rings. The summed E-state index contributed by atoms with van der Waals surface area (Å²) in [7, 11) is 0. The van der Waals surface area contributed by atoms with Crippen molar-refractivity contribution >= 4 is 0 Å². The van der Waals surface area contributed by atoms with Gasteiger partial charge in [-0.3, -0.25) is 0 Å². The molecule has 0 aromatic heterocycles. The van der Waals surface area contributed by atoms with E-state index in [0.717, 1.165) is 19.4 Å². The molecule has 0 bridgehead atoms. The summed E-state index contributed by atoms with van der Waals surface area (Å²) in [5.74, 6) is 0. The minimum Gasteiger partial charge on any atom is -0.350 e. The van der Waals surface area contributed by atoms with Gasteiger partial charge in [-0.15, -0.1) is 0 Å². The second-order valence-electron chi connectivity index (χ2n) is 3.07. The molecule has 0 aromatic rings. The van der Waals surface area contributed by atoms with Crippen LogP contribution in [0.15, 0.2) is 0 Å². The molecule has 15 heavy (non-hydrogen) atoms. The lowest BCUT2D eigenvalue weighted by molar-refractivity contribution is -0.0632. The molecule has 1 heterocycles. The summed E-state index contributed by atoms with van der Waals surface area (Å²) in [6.45, 7) is 13.1. The van der Waals surface area contributed by atoms with E-state index in [1.165, 1.54) is 12.8 Å². The van der Waals surface area contributed by atoms with Crippen LogP contribution in [0.1, 0.15) is 67.2 Å². The van der Waals surface area contributed by atoms with Crippen LogP contribution in [0, 0.1) is 0 Å². The van der Waals surface area contributed by atoms with E-state index < -0.39 is 0 Å². The fourth-order valence-corrected chi connectivity index (χ4v) is 1.24. The van der Waals surface area contributed by atoms with Crippen molar-refractivity contribution in [3.8, 4) is 0 Å². The van der Waals surface area contributed by atoms with E-state index in [4.69, 9.17) is 9.47 Å². The lowest BCUT2D eigenvalue weighted by Gasteiger charge is -2.08. The lowest BCUT2D eigenvalue weighted by Crippen LogP contribution is -2.10. The Labute approximate surface area is 96.4 Å². The SMILES string of the molecule is CC.CC.CCCCC1OCC(CC)O1. The van der Waals surface area contributed by atoms with E-state index in [9.17, 15) is 0 Å². The highest BCUT2D eigenvalue weighted by Gasteiger charge is 2.23. The first-order valence-corrected chi connectivity index (χ1v) is 6.63. The first kappa shape index (κ1) is 17.3. The molecule has 2 unspecified atom stereocenters. The van der Waals surface area contributed by atoms with Crippen molar-refractivity contribution in [1.29, 1.82) is 0 Å². The van der Waals surface area contributed by atoms with E-state index in [1.54, 1.807) is 0 Å². The van der Waals surface area contributed by atoms with Gasteiger partial charge in [0.05, 0.1) is 12.7 Å². The highest BCUT2D eigenvalue weighted by molar-refractivity contribution is 4.62. The Balaban J connectivity index is 0. The van der Waals surface area contributed by atoms with E-state index in [2.05, 4.69) is 13.8 Å². The van der Waals surface area contributed by atoms with Crippen LogP contribution in [0.4, 0.5) is 0 Å². The molecular formula is C13H30O2. The molecule has 0 N–H and O–H groups in total. The average molecular weight is 218 g/mol. The zero-order valence-electron chi connectivity index (χ0n) is 11.5. The van der Waals surface area contributed by atoms with Gasteiger partial charge >= 0.3 is 0 Å². The normalized spacial score (nSPS) is 23.6. The second-order valence-corrected chi connectivity index (χ2v) is 3.07. The van der Waals surface area contributed by atoms with Crippen LogP contribution in [0.2, 0.25) is 0 Å². The third-order valence-corrected chi connectivity index (χ3v) is 2.06. The Bertz CT molecular complexity index is 105. The predicted molar refractivity (Wildman–Crippen MR) is 67.1 cm³/mol. The molecule has 0 spiro atoms. The monoisotopic (exact) mass is 218 g/mol. The van der Waals surface area contributed by atoms with Gasteiger partial charge in [-0.05, 0) is 19.3 Å².